The van der Waals surface area contributed by atoms with Gasteiger partial charge in [-0.3, -0.25) is 15.1 Å². The monoisotopic (exact) mass is 250 g/mol. The molecule has 1 aromatic rings. The van der Waals surface area contributed by atoms with Gasteiger partial charge in [0.1, 0.15) is 11.9 Å². The molecule has 1 aliphatic rings. The van der Waals surface area contributed by atoms with Gasteiger partial charge in [-0.05, 0) is 38.9 Å². The minimum Gasteiger partial charge on any atom is -0.376 e. The molecule has 0 aliphatic carbocycles. The molecule has 98 valence electrons. The maximum Gasteiger partial charge on any atom is 0.310 e. The average molecular weight is 250 g/mol. The third kappa shape index (κ3) is 3.16. The first-order valence-corrected chi connectivity index (χ1v) is 6.24. The topological polar surface area (TPSA) is 71.3 Å². The lowest BCUT2D eigenvalue weighted by Crippen LogP contribution is -2.33. The lowest BCUT2D eigenvalue weighted by Gasteiger charge is -2.21. The van der Waals surface area contributed by atoms with Crippen molar-refractivity contribution in [3.8, 4) is 0 Å². The number of nitrogens with zero attached hydrogens (tertiary/aromatic N) is 3. The van der Waals surface area contributed by atoms with Crippen LogP contribution in [0.25, 0.3) is 0 Å². The Hall–Kier alpha value is -1.69. The van der Waals surface area contributed by atoms with Gasteiger partial charge in [-0.1, -0.05) is 0 Å². The van der Waals surface area contributed by atoms with Crippen LogP contribution in [0.1, 0.15) is 19.8 Å². The van der Waals surface area contributed by atoms with E-state index in [-0.39, 0.29) is 11.7 Å². The molecule has 6 nitrogen and oxygen atoms in total. The van der Waals surface area contributed by atoms with Gasteiger partial charge < -0.3 is 10.2 Å². The number of pyridine rings is 1. The summed E-state index contributed by atoms with van der Waals surface area (Å²) in [7, 11) is 0. The van der Waals surface area contributed by atoms with Crippen molar-refractivity contribution >= 4 is 11.4 Å². The van der Waals surface area contributed by atoms with Crippen LogP contribution < -0.4 is 5.32 Å². The molecular formula is C12H18N4O2. The summed E-state index contributed by atoms with van der Waals surface area (Å²) in [6.07, 6.45) is 5.35. The summed E-state index contributed by atoms with van der Waals surface area (Å²) in [6.45, 7) is 5.22. The molecule has 0 aromatic carbocycles. The zero-order valence-electron chi connectivity index (χ0n) is 10.5. The molecule has 2 rings (SSSR count). The van der Waals surface area contributed by atoms with Crippen LogP contribution in [0.2, 0.25) is 0 Å². The molecule has 1 saturated heterocycles. The van der Waals surface area contributed by atoms with Crippen LogP contribution >= 0.6 is 0 Å². The summed E-state index contributed by atoms with van der Waals surface area (Å²) in [5.41, 5.74) is 0.576. The summed E-state index contributed by atoms with van der Waals surface area (Å²) in [6, 6.07) is 1.84. The standard InChI is InChI=1S/C12H18N4O2/c1-10(9-15-6-2-3-7-15)14-11-4-5-13-8-12(11)16(17)18/h4-5,8,10H,2-3,6-7,9H2,1H3,(H,13,14). The van der Waals surface area contributed by atoms with E-state index in [4.69, 9.17) is 0 Å². The predicted molar refractivity (Wildman–Crippen MR) is 69.7 cm³/mol. The van der Waals surface area contributed by atoms with Crippen molar-refractivity contribution in [3.05, 3.63) is 28.6 Å². The van der Waals surface area contributed by atoms with Gasteiger partial charge in [0.2, 0.25) is 0 Å². The largest absolute Gasteiger partial charge is 0.376 e. The predicted octanol–water partition coefficient (Wildman–Crippen LogP) is 1.89. The van der Waals surface area contributed by atoms with E-state index in [0.717, 1.165) is 19.6 Å². The highest BCUT2D eigenvalue weighted by molar-refractivity contribution is 5.59. The van der Waals surface area contributed by atoms with Crippen LogP contribution in [-0.4, -0.2) is 40.5 Å². The molecule has 0 spiro atoms. The number of nitro groups is 1. The molecule has 0 amide bonds. The first-order chi connectivity index (χ1) is 8.66. The Morgan fingerprint density at radius 3 is 2.94 bits per heavy atom. The van der Waals surface area contributed by atoms with E-state index in [0.29, 0.717) is 5.69 Å². The Morgan fingerprint density at radius 1 is 1.56 bits per heavy atom. The van der Waals surface area contributed by atoms with E-state index in [1.807, 2.05) is 6.92 Å². The zero-order chi connectivity index (χ0) is 13.0. The summed E-state index contributed by atoms with van der Waals surface area (Å²) >= 11 is 0. The molecule has 6 heteroatoms. The Bertz CT molecular complexity index is 418. The lowest BCUT2D eigenvalue weighted by molar-refractivity contribution is -0.384. The van der Waals surface area contributed by atoms with Crippen LogP contribution in [0, 0.1) is 10.1 Å². The number of rotatable bonds is 5. The van der Waals surface area contributed by atoms with Crippen molar-refractivity contribution < 1.29 is 4.92 Å². The summed E-state index contributed by atoms with van der Waals surface area (Å²) in [5, 5.41) is 14.1. The molecule has 0 bridgehead atoms. The Kier molecular flexibility index (Phi) is 4.09. The van der Waals surface area contributed by atoms with Crippen molar-refractivity contribution in [3.63, 3.8) is 0 Å². The van der Waals surface area contributed by atoms with Gasteiger partial charge in [0.15, 0.2) is 0 Å². The molecular weight excluding hydrogens is 232 g/mol. The summed E-state index contributed by atoms with van der Waals surface area (Å²) < 4.78 is 0. The fourth-order valence-electron chi connectivity index (χ4n) is 2.32. The van der Waals surface area contributed by atoms with Crippen LogP contribution in [0.15, 0.2) is 18.5 Å². The van der Waals surface area contributed by atoms with Gasteiger partial charge in [0, 0.05) is 18.8 Å². The number of anilines is 1. The van der Waals surface area contributed by atoms with Crippen molar-refractivity contribution in [1.29, 1.82) is 0 Å². The molecule has 1 unspecified atom stereocenters. The van der Waals surface area contributed by atoms with Gasteiger partial charge in [-0.25, -0.2) is 0 Å². The van der Waals surface area contributed by atoms with Crippen LogP contribution in [0.5, 0.6) is 0 Å². The number of likely N-dealkylation sites (tertiary alicyclic amines) is 1. The summed E-state index contributed by atoms with van der Waals surface area (Å²) in [5.74, 6) is 0. The summed E-state index contributed by atoms with van der Waals surface area (Å²) in [4.78, 5) is 16.6. The first kappa shape index (κ1) is 12.8. The quantitative estimate of drug-likeness (QED) is 0.638. The molecule has 1 aromatic heterocycles. The van der Waals surface area contributed by atoms with E-state index in [1.54, 1.807) is 12.3 Å². The zero-order valence-corrected chi connectivity index (χ0v) is 10.5. The third-order valence-corrected chi connectivity index (χ3v) is 3.13. The fraction of sp³-hybridized carbons (Fsp3) is 0.583. The minimum absolute atomic E-state index is 0.0331. The van der Waals surface area contributed by atoms with E-state index in [2.05, 4.69) is 15.2 Å². The molecule has 1 atom stereocenters. The van der Waals surface area contributed by atoms with Crippen molar-refractivity contribution in [2.75, 3.05) is 25.0 Å². The molecule has 1 fully saturated rings. The number of nitrogens with one attached hydrogen (secondary N) is 1. The normalized spacial score (nSPS) is 17.6. The highest BCUT2D eigenvalue weighted by atomic mass is 16.6. The van der Waals surface area contributed by atoms with Gasteiger partial charge in [0.25, 0.3) is 0 Å². The first-order valence-electron chi connectivity index (χ1n) is 6.24. The van der Waals surface area contributed by atoms with Gasteiger partial charge in [-0.2, -0.15) is 0 Å². The van der Waals surface area contributed by atoms with Crippen molar-refractivity contribution in [2.45, 2.75) is 25.8 Å². The van der Waals surface area contributed by atoms with E-state index in [1.165, 1.54) is 19.0 Å². The van der Waals surface area contributed by atoms with E-state index < -0.39 is 4.92 Å². The van der Waals surface area contributed by atoms with Crippen LogP contribution in [-0.2, 0) is 0 Å². The Morgan fingerprint density at radius 2 is 2.28 bits per heavy atom. The van der Waals surface area contributed by atoms with Gasteiger partial charge in [0.05, 0.1) is 4.92 Å². The van der Waals surface area contributed by atoms with E-state index >= 15 is 0 Å². The van der Waals surface area contributed by atoms with Gasteiger partial charge >= 0.3 is 5.69 Å². The Balaban J connectivity index is 1.97. The second kappa shape index (κ2) is 5.77. The molecule has 1 N–H and O–H groups in total. The minimum atomic E-state index is -0.405. The lowest BCUT2D eigenvalue weighted by atomic mass is 10.2. The molecule has 0 radical (unpaired) electrons. The highest BCUT2D eigenvalue weighted by Crippen LogP contribution is 2.22. The number of hydrogen-bond donors (Lipinski definition) is 1. The second-order valence-corrected chi connectivity index (χ2v) is 4.70. The van der Waals surface area contributed by atoms with Crippen molar-refractivity contribution in [1.82, 2.24) is 9.88 Å². The number of hydrogen-bond acceptors (Lipinski definition) is 5. The second-order valence-electron chi connectivity index (χ2n) is 4.70. The maximum absolute atomic E-state index is 10.9. The molecule has 1 aliphatic heterocycles. The maximum atomic E-state index is 10.9. The van der Waals surface area contributed by atoms with Crippen LogP contribution in [0.3, 0.4) is 0 Å². The van der Waals surface area contributed by atoms with Crippen molar-refractivity contribution in [2.24, 2.45) is 0 Å². The van der Waals surface area contributed by atoms with Crippen LogP contribution in [0.4, 0.5) is 11.4 Å². The average Bonchev–Trinajstić information content (AvgIpc) is 2.82. The SMILES string of the molecule is CC(CN1CCCC1)Nc1ccncc1[N+](=O)[O-]. The molecule has 18 heavy (non-hydrogen) atoms. The van der Waals surface area contributed by atoms with Gasteiger partial charge in [-0.15, -0.1) is 0 Å². The molecule has 2 heterocycles. The Labute approximate surface area is 106 Å². The fourth-order valence-corrected chi connectivity index (χ4v) is 2.32. The third-order valence-electron chi connectivity index (χ3n) is 3.13. The highest BCUT2D eigenvalue weighted by Gasteiger charge is 2.18. The molecule has 0 saturated carbocycles. The van der Waals surface area contributed by atoms with E-state index in [9.17, 15) is 10.1 Å². The smallest absolute Gasteiger partial charge is 0.310 e. The number of aromatic nitrogens is 1.